The van der Waals surface area contributed by atoms with Crippen molar-refractivity contribution in [1.82, 2.24) is 9.29 Å². The third kappa shape index (κ3) is 4.20. The summed E-state index contributed by atoms with van der Waals surface area (Å²) >= 11 is 0. The lowest BCUT2D eigenvalue weighted by Crippen LogP contribution is -2.32. The number of rotatable bonds is 7. The average Bonchev–Trinajstić information content (AvgIpc) is 3.18. The number of aliphatic carboxylic acids is 1. The molecule has 2 N–H and O–H groups in total. The molecular weight excluding hydrogens is 354 g/mol. The summed E-state index contributed by atoms with van der Waals surface area (Å²) in [7, 11) is -3.52. The van der Waals surface area contributed by atoms with Crippen molar-refractivity contribution in [2.45, 2.75) is 30.2 Å². The number of hydrogen-bond donors (Lipinski definition) is 2. The maximum atomic E-state index is 12.5. The van der Waals surface area contributed by atoms with E-state index >= 15 is 0 Å². The number of hydrogen-bond acceptors (Lipinski definition) is 5. The fourth-order valence-corrected chi connectivity index (χ4v) is 4.39. The zero-order valence-corrected chi connectivity index (χ0v) is 15.0. The van der Waals surface area contributed by atoms with Crippen molar-refractivity contribution in [2.75, 3.05) is 18.4 Å². The van der Waals surface area contributed by atoms with Gasteiger partial charge in [-0.1, -0.05) is 30.3 Å². The number of pyridine rings is 1. The van der Waals surface area contributed by atoms with Gasteiger partial charge in [0.25, 0.3) is 0 Å². The number of carboxylic acid groups (broad SMARTS) is 1. The van der Waals surface area contributed by atoms with E-state index < -0.39 is 22.0 Å². The Labute approximate surface area is 152 Å². The molecular formula is C18H21N3O4S. The van der Waals surface area contributed by atoms with Crippen LogP contribution in [-0.4, -0.2) is 47.9 Å². The molecule has 0 aliphatic carbocycles. The smallest absolute Gasteiger partial charge is 0.326 e. The number of nitrogens with one attached hydrogen (secondary N) is 1. The normalized spacial score (nSPS) is 16.3. The molecule has 2 heterocycles. The molecule has 0 unspecified atom stereocenters. The second kappa shape index (κ2) is 7.84. The van der Waals surface area contributed by atoms with Gasteiger partial charge in [0, 0.05) is 25.7 Å². The third-order valence-electron chi connectivity index (χ3n) is 4.34. The van der Waals surface area contributed by atoms with Crippen molar-refractivity contribution in [3.05, 3.63) is 54.2 Å². The first-order chi connectivity index (χ1) is 12.5. The Bertz CT molecular complexity index is 848. The molecule has 2 aromatic rings. The summed E-state index contributed by atoms with van der Waals surface area (Å²) in [5.41, 5.74) is 0.889. The first-order valence-electron chi connectivity index (χ1n) is 8.46. The van der Waals surface area contributed by atoms with E-state index in [1.54, 1.807) is 0 Å². The highest BCUT2D eigenvalue weighted by Gasteiger charge is 2.27. The van der Waals surface area contributed by atoms with E-state index in [1.807, 2.05) is 30.3 Å². The molecule has 138 valence electrons. The van der Waals surface area contributed by atoms with Gasteiger partial charge in [0.1, 0.15) is 16.8 Å². The molecule has 1 fully saturated rings. The van der Waals surface area contributed by atoms with E-state index in [9.17, 15) is 18.3 Å². The van der Waals surface area contributed by atoms with E-state index in [0.717, 1.165) is 18.4 Å². The fraction of sp³-hybridized carbons (Fsp3) is 0.333. The van der Waals surface area contributed by atoms with Crippen LogP contribution in [0.25, 0.3) is 0 Å². The van der Waals surface area contributed by atoms with Gasteiger partial charge in [-0.25, -0.2) is 18.2 Å². The molecule has 1 aliphatic rings. The Kier molecular flexibility index (Phi) is 5.53. The Morgan fingerprint density at radius 3 is 2.42 bits per heavy atom. The van der Waals surface area contributed by atoms with Crippen molar-refractivity contribution >= 4 is 21.8 Å². The second-order valence-corrected chi connectivity index (χ2v) is 8.15. The number of nitrogens with zero attached hydrogens (tertiary/aromatic N) is 2. The van der Waals surface area contributed by atoms with Crippen LogP contribution in [0.15, 0.2) is 53.6 Å². The van der Waals surface area contributed by atoms with Gasteiger partial charge < -0.3 is 10.4 Å². The van der Waals surface area contributed by atoms with Gasteiger partial charge in [-0.05, 0) is 30.5 Å². The number of carboxylic acids is 1. The number of anilines is 1. The highest BCUT2D eigenvalue weighted by molar-refractivity contribution is 7.89. The fourth-order valence-electron chi connectivity index (χ4n) is 2.92. The van der Waals surface area contributed by atoms with Gasteiger partial charge >= 0.3 is 5.97 Å². The topological polar surface area (TPSA) is 99.6 Å². The van der Waals surface area contributed by atoms with Crippen LogP contribution < -0.4 is 5.32 Å². The monoisotopic (exact) mass is 375 g/mol. The molecule has 1 aliphatic heterocycles. The first kappa shape index (κ1) is 18.3. The summed E-state index contributed by atoms with van der Waals surface area (Å²) in [6.07, 6.45) is 3.31. The molecule has 0 amide bonds. The molecule has 1 aromatic heterocycles. The molecule has 3 rings (SSSR count). The van der Waals surface area contributed by atoms with Crippen LogP contribution in [0.1, 0.15) is 18.4 Å². The van der Waals surface area contributed by atoms with Crippen molar-refractivity contribution in [3.63, 3.8) is 0 Å². The number of aromatic nitrogens is 1. The van der Waals surface area contributed by atoms with Crippen LogP contribution in [0.3, 0.4) is 0 Å². The van der Waals surface area contributed by atoms with Gasteiger partial charge in [-0.3, -0.25) is 0 Å². The highest BCUT2D eigenvalue weighted by Crippen LogP contribution is 2.21. The summed E-state index contributed by atoms with van der Waals surface area (Å²) in [5.74, 6) is -0.668. The van der Waals surface area contributed by atoms with Gasteiger partial charge in [-0.15, -0.1) is 0 Å². The third-order valence-corrected chi connectivity index (χ3v) is 6.22. The van der Waals surface area contributed by atoms with Crippen molar-refractivity contribution < 1.29 is 18.3 Å². The maximum Gasteiger partial charge on any atom is 0.326 e. The van der Waals surface area contributed by atoms with Gasteiger partial charge in [0.15, 0.2) is 0 Å². The average molecular weight is 375 g/mol. The molecule has 1 saturated heterocycles. The largest absolute Gasteiger partial charge is 0.480 e. The van der Waals surface area contributed by atoms with Crippen molar-refractivity contribution in [1.29, 1.82) is 0 Å². The number of carbonyl (C=O) groups is 1. The lowest BCUT2D eigenvalue weighted by molar-refractivity contribution is -0.137. The van der Waals surface area contributed by atoms with Crippen LogP contribution >= 0.6 is 0 Å². The summed E-state index contributed by atoms with van der Waals surface area (Å²) in [5, 5.41) is 12.3. The minimum Gasteiger partial charge on any atom is -0.480 e. The number of benzene rings is 1. The SMILES string of the molecule is O=C(O)[C@@H](Cc1ccccc1)Nc1ccc(S(=O)(=O)N2CCCC2)cn1. The molecule has 0 saturated carbocycles. The Balaban J connectivity index is 1.72. The van der Waals surface area contributed by atoms with E-state index in [4.69, 9.17) is 0 Å². The second-order valence-electron chi connectivity index (χ2n) is 6.22. The lowest BCUT2D eigenvalue weighted by atomic mass is 10.1. The summed E-state index contributed by atoms with van der Waals surface area (Å²) < 4.78 is 26.4. The van der Waals surface area contributed by atoms with Crippen LogP contribution in [0.4, 0.5) is 5.82 Å². The van der Waals surface area contributed by atoms with Crippen molar-refractivity contribution in [3.8, 4) is 0 Å². The summed E-state index contributed by atoms with van der Waals surface area (Å²) in [4.78, 5) is 15.7. The molecule has 0 radical (unpaired) electrons. The molecule has 0 bridgehead atoms. The molecule has 7 nitrogen and oxygen atoms in total. The highest BCUT2D eigenvalue weighted by atomic mass is 32.2. The lowest BCUT2D eigenvalue weighted by Gasteiger charge is -2.17. The predicted octanol–water partition coefficient (Wildman–Crippen LogP) is 1.97. The molecule has 1 atom stereocenters. The predicted molar refractivity (Wildman–Crippen MR) is 97.4 cm³/mol. The van der Waals surface area contributed by atoms with E-state index in [-0.39, 0.29) is 4.90 Å². The standard InChI is InChI=1S/C18H21N3O4S/c22-18(23)16(12-14-6-2-1-3-7-14)20-17-9-8-15(13-19-17)26(24,25)21-10-4-5-11-21/h1-3,6-9,13,16H,4-5,10-12H2,(H,19,20)(H,22,23)/t16-/m1/s1. The quantitative estimate of drug-likeness (QED) is 0.768. The van der Waals surface area contributed by atoms with E-state index in [2.05, 4.69) is 10.3 Å². The zero-order chi connectivity index (χ0) is 18.6. The minimum absolute atomic E-state index is 0.125. The van der Waals surface area contributed by atoms with Crippen LogP contribution in [0, 0.1) is 0 Å². The molecule has 1 aromatic carbocycles. The molecule has 26 heavy (non-hydrogen) atoms. The van der Waals surface area contributed by atoms with Gasteiger partial charge in [-0.2, -0.15) is 4.31 Å². The van der Waals surface area contributed by atoms with Crippen LogP contribution in [-0.2, 0) is 21.2 Å². The van der Waals surface area contributed by atoms with Gasteiger partial charge in [0.2, 0.25) is 10.0 Å². The Hall–Kier alpha value is -2.45. The van der Waals surface area contributed by atoms with E-state index in [1.165, 1.54) is 22.6 Å². The summed E-state index contributed by atoms with van der Waals surface area (Å²) in [6, 6.07) is 11.4. The van der Waals surface area contributed by atoms with Gasteiger partial charge in [0.05, 0.1) is 0 Å². The number of sulfonamides is 1. The first-order valence-corrected chi connectivity index (χ1v) is 9.90. The minimum atomic E-state index is -3.52. The van der Waals surface area contributed by atoms with Crippen LogP contribution in [0.5, 0.6) is 0 Å². The summed E-state index contributed by atoms with van der Waals surface area (Å²) in [6.45, 7) is 1.06. The molecule has 0 spiro atoms. The Morgan fingerprint density at radius 2 is 1.85 bits per heavy atom. The maximum absolute atomic E-state index is 12.5. The van der Waals surface area contributed by atoms with E-state index in [0.29, 0.717) is 25.3 Å². The van der Waals surface area contributed by atoms with Crippen LogP contribution in [0.2, 0.25) is 0 Å². The Morgan fingerprint density at radius 1 is 1.15 bits per heavy atom. The zero-order valence-electron chi connectivity index (χ0n) is 14.2. The molecule has 8 heteroatoms. The van der Waals surface area contributed by atoms with Crippen molar-refractivity contribution in [2.24, 2.45) is 0 Å².